The van der Waals surface area contributed by atoms with Gasteiger partial charge in [-0.3, -0.25) is 0 Å². The average molecular weight is 306 g/mol. The number of hydrogen-bond donors (Lipinski definition) is 1. The first-order chi connectivity index (χ1) is 11.2. The SMILES string of the molecule is N#Cc1ccc(C(O)CN2CCC(Cc3ccccc3)C2)cc1. The van der Waals surface area contributed by atoms with Crippen LogP contribution in [0.4, 0.5) is 0 Å². The van der Waals surface area contributed by atoms with Crippen molar-refractivity contribution in [3.8, 4) is 6.07 Å². The average Bonchev–Trinajstić information content (AvgIpc) is 3.02. The first-order valence-electron chi connectivity index (χ1n) is 8.19. The van der Waals surface area contributed by atoms with Crippen molar-refractivity contribution in [2.45, 2.75) is 18.9 Å². The number of benzene rings is 2. The van der Waals surface area contributed by atoms with E-state index in [1.807, 2.05) is 12.1 Å². The fourth-order valence-corrected chi connectivity index (χ4v) is 3.32. The Kier molecular flexibility index (Phi) is 5.07. The van der Waals surface area contributed by atoms with Gasteiger partial charge in [-0.05, 0) is 48.6 Å². The lowest BCUT2D eigenvalue weighted by atomic mass is 9.99. The quantitative estimate of drug-likeness (QED) is 0.923. The summed E-state index contributed by atoms with van der Waals surface area (Å²) in [5.74, 6) is 0.672. The molecule has 1 heterocycles. The number of aliphatic hydroxyl groups excluding tert-OH is 1. The van der Waals surface area contributed by atoms with Crippen LogP contribution in [0.1, 0.15) is 29.2 Å². The van der Waals surface area contributed by atoms with E-state index >= 15 is 0 Å². The van der Waals surface area contributed by atoms with Gasteiger partial charge < -0.3 is 10.0 Å². The van der Waals surface area contributed by atoms with E-state index in [2.05, 4.69) is 41.3 Å². The van der Waals surface area contributed by atoms with Gasteiger partial charge in [0.1, 0.15) is 0 Å². The Morgan fingerprint density at radius 3 is 2.57 bits per heavy atom. The van der Waals surface area contributed by atoms with Crippen LogP contribution in [0.3, 0.4) is 0 Å². The highest BCUT2D eigenvalue weighted by Gasteiger charge is 2.24. The number of rotatable bonds is 5. The van der Waals surface area contributed by atoms with Gasteiger partial charge in [-0.25, -0.2) is 0 Å². The molecule has 2 aromatic carbocycles. The van der Waals surface area contributed by atoms with Gasteiger partial charge in [0.2, 0.25) is 0 Å². The van der Waals surface area contributed by atoms with E-state index in [9.17, 15) is 5.11 Å². The summed E-state index contributed by atoms with van der Waals surface area (Å²) < 4.78 is 0. The third-order valence-corrected chi connectivity index (χ3v) is 4.59. The minimum Gasteiger partial charge on any atom is -0.387 e. The zero-order valence-corrected chi connectivity index (χ0v) is 13.2. The smallest absolute Gasteiger partial charge is 0.0991 e. The molecule has 0 saturated carbocycles. The Bertz CT molecular complexity index is 660. The van der Waals surface area contributed by atoms with E-state index in [0.717, 1.165) is 25.1 Å². The second kappa shape index (κ2) is 7.41. The van der Waals surface area contributed by atoms with E-state index < -0.39 is 6.10 Å². The highest BCUT2D eigenvalue weighted by Crippen LogP contribution is 2.23. The van der Waals surface area contributed by atoms with Crippen LogP contribution in [0.15, 0.2) is 54.6 Å². The highest BCUT2D eigenvalue weighted by molar-refractivity contribution is 5.32. The lowest BCUT2D eigenvalue weighted by Gasteiger charge is -2.20. The molecule has 0 spiro atoms. The summed E-state index contributed by atoms with van der Waals surface area (Å²) in [5, 5.41) is 19.2. The molecule has 0 amide bonds. The van der Waals surface area contributed by atoms with Crippen LogP contribution in [0.2, 0.25) is 0 Å². The number of nitriles is 1. The van der Waals surface area contributed by atoms with Gasteiger partial charge in [0.25, 0.3) is 0 Å². The van der Waals surface area contributed by atoms with Crippen molar-refractivity contribution in [2.24, 2.45) is 5.92 Å². The Labute approximate surface area is 137 Å². The molecule has 1 N–H and O–H groups in total. The Morgan fingerprint density at radius 1 is 1.13 bits per heavy atom. The Hall–Kier alpha value is -2.15. The van der Waals surface area contributed by atoms with E-state index in [4.69, 9.17) is 5.26 Å². The largest absolute Gasteiger partial charge is 0.387 e. The monoisotopic (exact) mass is 306 g/mol. The molecule has 0 radical (unpaired) electrons. The molecule has 0 aromatic heterocycles. The predicted molar refractivity (Wildman–Crippen MR) is 90.8 cm³/mol. The van der Waals surface area contributed by atoms with Crippen LogP contribution in [0.5, 0.6) is 0 Å². The van der Waals surface area contributed by atoms with Gasteiger partial charge in [-0.1, -0.05) is 42.5 Å². The summed E-state index contributed by atoms with van der Waals surface area (Å²) in [6.45, 7) is 2.75. The third kappa shape index (κ3) is 4.19. The fraction of sp³-hybridized carbons (Fsp3) is 0.350. The summed E-state index contributed by atoms with van der Waals surface area (Å²) in [5.41, 5.74) is 2.91. The van der Waals surface area contributed by atoms with E-state index in [-0.39, 0.29) is 0 Å². The maximum atomic E-state index is 10.4. The van der Waals surface area contributed by atoms with E-state index in [1.54, 1.807) is 12.1 Å². The van der Waals surface area contributed by atoms with Gasteiger partial charge in [0.05, 0.1) is 17.7 Å². The van der Waals surface area contributed by atoms with Crippen molar-refractivity contribution in [2.75, 3.05) is 19.6 Å². The summed E-state index contributed by atoms with van der Waals surface area (Å²) in [6.07, 6.45) is 1.82. The highest BCUT2D eigenvalue weighted by atomic mass is 16.3. The number of hydrogen-bond acceptors (Lipinski definition) is 3. The summed E-state index contributed by atoms with van der Waals surface area (Å²) in [4.78, 5) is 2.34. The summed E-state index contributed by atoms with van der Waals surface area (Å²) in [7, 11) is 0. The molecule has 1 aliphatic rings. The van der Waals surface area contributed by atoms with Crippen molar-refractivity contribution in [1.29, 1.82) is 5.26 Å². The summed E-state index contributed by atoms with van der Waals surface area (Å²) in [6, 6.07) is 19.9. The Morgan fingerprint density at radius 2 is 1.87 bits per heavy atom. The predicted octanol–water partition coefficient (Wildman–Crippen LogP) is 3.16. The second-order valence-corrected chi connectivity index (χ2v) is 6.35. The van der Waals surface area contributed by atoms with Gasteiger partial charge in [-0.2, -0.15) is 5.26 Å². The van der Waals surface area contributed by atoms with Gasteiger partial charge >= 0.3 is 0 Å². The molecule has 23 heavy (non-hydrogen) atoms. The van der Waals surface area contributed by atoms with Gasteiger partial charge in [-0.15, -0.1) is 0 Å². The normalized spacial score (nSPS) is 19.4. The molecule has 1 saturated heterocycles. The maximum Gasteiger partial charge on any atom is 0.0991 e. The minimum absolute atomic E-state index is 0.488. The van der Waals surface area contributed by atoms with Gasteiger partial charge in [0, 0.05) is 13.1 Å². The van der Waals surface area contributed by atoms with Crippen LogP contribution in [-0.2, 0) is 6.42 Å². The van der Waals surface area contributed by atoms with Crippen LogP contribution in [0, 0.1) is 17.2 Å². The maximum absolute atomic E-state index is 10.4. The molecule has 0 bridgehead atoms. The zero-order chi connectivity index (χ0) is 16.1. The molecule has 2 atom stereocenters. The first-order valence-corrected chi connectivity index (χ1v) is 8.19. The van der Waals surface area contributed by atoms with Crippen molar-refractivity contribution < 1.29 is 5.11 Å². The number of aliphatic hydroxyl groups is 1. The van der Waals surface area contributed by atoms with Crippen LogP contribution in [0.25, 0.3) is 0 Å². The lowest BCUT2D eigenvalue weighted by molar-refractivity contribution is 0.124. The molecule has 2 aromatic rings. The first kappa shape index (κ1) is 15.7. The topological polar surface area (TPSA) is 47.3 Å². The molecule has 1 fully saturated rings. The van der Waals surface area contributed by atoms with E-state index in [0.29, 0.717) is 18.0 Å². The van der Waals surface area contributed by atoms with Crippen molar-refractivity contribution >= 4 is 0 Å². The molecule has 3 heteroatoms. The van der Waals surface area contributed by atoms with Gasteiger partial charge in [0.15, 0.2) is 0 Å². The lowest BCUT2D eigenvalue weighted by Crippen LogP contribution is -2.26. The van der Waals surface area contributed by atoms with Crippen LogP contribution in [-0.4, -0.2) is 29.6 Å². The minimum atomic E-state index is -0.488. The molecule has 3 nitrogen and oxygen atoms in total. The van der Waals surface area contributed by atoms with Crippen molar-refractivity contribution in [1.82, 2.24) is 4.90 Å². The standard InChI is InChI=1S/C20H22N2O/c21-13-17-6-8-19(9-7-17)20(23)15-22-11-10-18(14-22)12-16-4-2-1-3-5-16/h1-9,18,20,23H,10-12,14-15H2. The third-order valence-electron chi connectivity index (χ3n) is 4.59. The van der Waals surface area contributed by atoms with E-state index in [1.165, 1.54) is 12.0 Å². The Balaban J connectivity index is 1.52. The number of likely N-dealkylation sites (tertiary alicyclic amines) is 1. The van der Waals surface area contributed by atoms with Crippen molar-refractivity contribution in [3.63, 3.8) is 0 Å². The zero-order valence-electron chi connectivity index (χ0n) is 13.2. The fourth-order valence-electron chi connectivity index (χ4n) is 3.32. The second-order valence-electron chi connectivity index (χ2n) is 6.35. The molecular weight excluding hydrogens is 284 g/mol. The molecule has 0 aliphatic carbocycles. The number of nitrogens with zero attached hydrogens (tertiary/aromatic N) is 2. The molecule has 2 unspecified atom stereocenters. The molecule has 3 rings (SSSR count). The summed E-state index contributed by atoms with van der Waals surface area (Å²) >= 11 is 0. The van der Waals surface area contributed by atoms with Crippen LogP contribution < -0.4 is 0 Å². The number of β-amino-alcohol motifs (C(OH)–C–C–N with tert-alkyl or cyclic N) is 1. The molecular formula is C20H22N2O. The van der Waals surface area contributed by atoms with Crippen molar-refractivity contribution in [3.05, 3.63) is 71.3 Å². The van der Waals surface area contributed by atoms with Crippen LogP contribution >= 0.6 is 0 Å². The molecule has 1 aliphatic heterocycles. The molecule has 118 valence electrons.